The zero-order chi connectivity index (χ0) is 92.3. The molecule has 12 aromatic carbocycles. The Morgan fingerprint density at radius 2 is 0.693 bits per heavy atom. The van der Waals surface area contributed by atoms with Gasteiger partial charge in [-0.05, 0) is 243 Å². The number of aryl methyl sites for hydroxylation is 9. The Bertz CT molecular complexity index is 7720. The Kier molecular flexibility index (Phi) is 42.2. The predicted molar refractivity (Wildman–Crippen MR) is 604 cm³/mol. The van der Waals surface area contributed by atoms with Gasteiger partial charge in [0.1, 0.15) is 105 Å². The van der Waals surface area contributed by atoms with Crippen molar-refractivity contribution >= 4 is 125 Å². The molecule has 5 heterocycles. The van der Waals surface area contributed by atoms with E-state index >= 15 is 0 Å². The zero-order valence-electron chi connectivity index (χ0n) is 80.0. The van der Waals surface area contributed by atoms with Gasteiger partial charge in [0.25, 0.3) is 0 Å². The van der Waals surface area contributed by atoms with Crippen molar-refractivity contribution in [2.24, 2.45) is 0 Å². The molecule has 20 rings (SSSR count). The summed E-state index contributed by atoms with van der Waals surface area (Å²) in [5, 5.41) is 22.3. The number of ether oxygens (including phenoxy) is 2. The molecule has 7 aliphatic rings. The molecule has 19 heteroatoms. The summed E-state index contributed by atoms with van der Waals surface area (Å²) in [4.78, 5) is 16.4. The van der Waals surface area contributed by atoms with Crippen LogP contribution in [-0.4, -0.2) is 77.6 Å². The van der Waals surface area contributed by atoms with E-state index in [0.29, 0.717) is 44.6 Å². The summed E-state index contributed by atoms with van der Waals surface area (Å²) in [6.07, 6.45) is 0. The zero-order valence-corrected chi connectivity index (χ0v) is 84.0. The minimum atomic E-state index is -1.48. The molecule has 14 nitrogen and oxygen atoms in total. The van der Waals surface area contributed by atoms with Crippen molar-refractivity contribution in [3.05, 3.63) is 395 Å². The number of anilines is 3. The number of methoxy groups -OCH3 is 1. The third kappa shape index (κ3) is 25.1. The number of hydrogen-bond donors (Lipinski definition) is 1. The Hall–Kier alpha value is -12.9. The van der Waals surface area contributed by atoms with Crippen LogP contribution in [-0.2, 0) is 5.60 Å². The summed E-state index contributed by atoms with van der Waals surface area (Å²) >= 11 is 3.40. The largest absolute Gasteiger partial charge is 1.00 e. The van der Waals surface area contributed by atoms with E-state index in [2.05, 4.69) is 250 Å². The van der Waals surface area contributed by atoms with E-state index in [4.69, 9.17) is 32.9 Å². The number of halogens is 4. The SMILES string of the molecule is C.C.C.C.C.C.COc1ccc(C)cc1-c1c2ccc(=[N+](C)C)cc-2oc2cc(C)ccc12.Cc1ccc2c(-c3ccc(N)cc3C)c3ccc(=[N+](C)C)cc-3oc2c1.Cc1ccc2c(-c3ccccc3C)c3ccc(=[N+](C)C)cc-3oc2c1.Cc1ccc2c(=O)c3ccc(N(C)C)cc3oc2c1.Cc1ccc2c(c1)Oc1cc(N(C)C)ccc1C2([O-])c1ccccc1.Cc1ccccc1Br.Cl.Cl.Cl.[Li+]. The summed E-state index contributed by atoms with van der Waals surface area (Å²) < 4.78 is 44.1. The molecule has 3 aliphatic carbocycles. The molecule has 0 amide bonds. The predicted octanol–water partition coefficient (Wildman–Crippen LogP) is 26.1. The van der Waals surface area contributed by atoms with Gasteiger partial charge >= 0.3 is 18.9 Å². The summed E-state index contributed by atoms with van der Waals surface area (Å²) in [7, 11) is 21.9. The number of nitrogens with zero attached hydrogens (tertiary/aromatic N) is 5. The molecular weight excluding hydrogens is 1860 g/mol. The Morgan fingerprint density at radius 3 is 1.12 bits per heavy atom. The average molecular weight is 2000 g/mol. The van der Waals surface area contributed by atoms with E-state index in [1.807, 2.05) is 220 Å². The molecule has 1 atom stereocenters. The second-order valence-electron chi connectivity index (χ2n) is 34.7. The molecule has 13 aromatic rings. The van der Waals surface area contributed by atoms with Gasteiger partial charge in [-0.25, -0.2) is 13.7 Å². The van der Waals surface area contributed by atoms with Crippen molar-refractivity contribution in [3.63, 3.8) is 0 Å². The number of benzene rings is 15. The first-order valence-electron chi connectivity index (χ1n) is 43.6. The first kappa shape index (κ1) is 118. The van der Waals surface area contributed by atoms with E-state index in [0.717, 1.165) is 139 Å². The average Bonchev–Trinajstić information content (AvgIpc) is 0.716. The molecular formula is C121H138BrCl3LiN6O8+3. The maximum atomic E-state index is 14.3. The van der Waals surface area contributed by atoms with Crippen LogP contribution in [0.4, 0.5) is 17.1 Å². The molecule has 0 bridgehead atoms. The van der Waals surface area contributed by atoms with Crippen molar-refractivity contribution in [1.82, 2.24) is 13.7 Å². The first-order chi connectivity index (χ1) is 62.3. The van der Waals surface area contributed by atoms with Crippen LogP contribution in [0.25, 0.3) is 122 Å². The van der Waals surface area contributed by atoms with Crippen LogP contribution >= 0.6 is 53.2 Å². The van der Waals surface area contributed by atoms with Gasteiger partial charge in [-0.2, -0.15) is 0 Å². The number of hydrogen-bond acceptors (Lipinski definition) is 11. The minimum absolute atomic E-state index is 0. The van der Waals surface area contributed by atoms with Crippen molar-refractivity contribution in [1.29, 1.82) is 0 Å². The van der Waals surface area contributed by atoms with Crippen molar-refractivity contribution in [3.8, 4) is 84.6 Å². The first-order valence-corrected chi connectivity index (χ1v) is 44.3. The van der Waals surface area contributed by atoms with Gasteiger partial charge in [-0.15, -0.1) is 37.2 Å². The monoisotopic (exact) mass is 1990 g/mol. The molecule has 0 radical (unpaired) electrons. The van der Waals surface area contributed by atoms with Crippen molar-refractivity contribution in [2.45, 2.75) is 112 Å². The molecule has 4 aliphatic heterocycles. The molecule has 2 N–H and O–H groups in total. The van der Waals surface area contributed by atoms with E-state index in [9.17, 15) is 9.90 Å². The van der Waals surface area contributed by atoms with Gasteiger partial charge < -0.3 is 47.8 Å². The molecule has 0 spiro atoms. The number of fused-ring (bicyclic) bond motifs is 10. The molecule has 0 saturated heterocycles. The fraction of sp³-hybridized carbons (Fsp3) is 0.223. The normalized spacial score (nSPS) is 11.5. The molecule has 1 unspecified atom stereocenters. The Balaban J connectivity index is 0.000000298. The maximum absolute atomic E-state index is 14.3. The van der Waals surface area contributed by atoms with Crippen LogP contribution < -0.4 is 84.2 Å². The Labute approximate surface area is 868 Å². The summed E-state index contributed by atoms with van der Waals surface area (Å²) in [5.74, 6) is 4.82. The topological polar surface area (TPSA) is 153 Å². The molecule has 0 fully saturated rings. The smallest absolute Gasteiger partial charge is 0.839 e. The number of nitrogen functional groups attached to an aromatic ring is 1. The number of nitrogens with two attached hydrogens (primary N) is 1. The standard InChI is InChI=1S/C24H24NO2.C23H22N2O.C23H22NO.C22H20NO2.C16H15NO2.C7H7Br.6CH4.3ClH.Li/c1-15-7-11-21(26-5)20(12-15)24-18-9-6-16(2)13-22(18)27-23-14-17(25(3)4)8-10-19(23)24;1-14-5-8-19-21(11-14)26-22-13-17(25(3)4)7-10-20(22)23(19)18-9-6-16(24)12-15(18)2;1-15-9-11-19-21(13-15)25-22-14-17(24(3)4)10-12-20(22)23(19)18-8-6-5-7-16(18)2;1-15-9-11-18-20(13-15)25-21-14-17(23(2)3)10-12-19(21)22(18,24)16-7-5-4-6-8-16;1-10-4-6-12-14(8-10)19-15-9-11(17(2)3)5-7-13(15)16(12)18;1-6-4-2-3-5-7(6)8;;;;;;;;;;/h6-14H,1-5H3;5-13,24H,1-4H3;5-14H,1-4H3;4-14H,1-3H3;4-9H,1-3H3;2-5H,1H3;6*1H4;3*1H;/q+1;;+1;-1;;;;;;;;;;;;+1/p+1. The second-order valence-corrected chi connectivity index (χ2v) is 35.6. The fourth-order valence-electron chi connectivity index (χ4n) is 16.7. The summed E-state index contributed by atoms with van der Waals surface area (Å²) in [5.41, 5.74) is 34.5. The van der Waals surface area contributed by atoms with Crippen LogP contribution in [0.5, 0.6) is 17.2 Å². The molecule has 1 aromatic heterocycles. The second kappa shape index (κ2) is 50.3. The third-order valence-corrected chi connectivity index (χ3v) is 24.8. The van der Waals surface area contributed by atoms with Gasteiger partial charge in [0.05, 0.1) is 36.1 Å². The third-order valence-electron chi connectivity index (χ3n) is 23.9. The van der Waals surface area contributed by atoms with E-state index in [1.54, 1.807) is 7.11 Å². The fourth-order valence-corrected chi connectivity index (χ4v) is 17.0. The van der Waals surface area contributed by atoms with Crippen LogP contribution in [0.15, 0.2) is 324 Å². The quantitative estimate of drug-likeness (QED) is 0.0702. The van der Waals surface area contributed by atoms with Crippen molar-refractivity contribution < 1.29 is 51.1 Å². The van der Waals surface area contributed by atoms with Gasteiger partial charge in [0.2, 0.25) is 21.5 Å². The summed E-state index contributed by atoms with van der Waals surface area (Å²) in [6, 6.07) is 100. The van der Waals surface area contributed by atoms with Gasteiger partial charge in [-0.3, -0.25) is 4.79 Å². The van der Waals surface area contributed by atoms with Crippen LogP contribution in [0.2, 0.25) is 0 Å². The number of rotatable bonds is 7. The van der Waals surface area contributed by atoms with E-state index in [1.165, 1.54) is 60.1 Å². The van der Waals surface area contributed by atoms with E-state index in [-0.39, 0.29) is 106 Å². The minimum Gasteiger partial charge on any atom is -0.839 e. The summed E-state index contributed by atoms with van der Waals surface area (Å²) in [6.45, 7) is 18.7. The Morgan fingerprint density at radius 1 is 0.343 bits per heavy atom. The molecule has 140 heavy (non-hydrogen) atoms. The maximum Gasteiger partial charge on any atom is 1.00 e. The van der Waals surface area contributed by atoms with Crippen LogP contribution in [0.3, 0.4) is 0 Å². The van der Waals surface area contributed by atoms with Gasteiger partial charge in [0.15, 0.2) is 0 Å². The van der Waals surface area contributed by atoms with Crippen molar-refractivity contribution in [2.75, 3.05) is 93.1 Å². The van der Waals surface area contributed by atoms with Gasteiger partial charge in [-0.1, -0.05) is 212 Å². The van der Waals surface area contributed by atoms with Crippen LogP contribution in [0, 0.1) is 62.3 Å². The van der Waals surface area contributed by atoms with Crippen LogP contribution in [0.1, 0.15) is 111 Å². The molecule has 726 valence electrons. The molecule has 0 saturated carbocycles. The van der Waals surface area contributed by atoms with E-state index < -0.39 is 5.60 Å². The van der Waals surface area contributed by atoms with Gasteiger partial charge in [0, 0.05) is 135 Å².